The fraction of sp³-hybridized carbons (Fsp3) is 0.133. The number of carbonyl (C=O) groups excluding carboxylic acids is 1. The van der Waals surface area contributed by atoms with Crippen LogP contribution in [-0.4, -0.2) is 20.1 Å². The van der Waals surface area contributed by atoms with Gasteiger partial charge < -0.3 is 14.8 Å². The fourth-order valence-corrected chi connectivity index (χ4v) is 2.11. The van der Waals surface area contributed by atoms with Gasteiger partial charge in [-0.2, -0.15) is 0 Å². The van der Waals surface area contributed by atoms with Crippen LogP contribution in [0.5, 0.6) is 11.5 Å². The van der Waals surface area contributed by atoms with Gasteiger partial charge in [-0.25, -0.2) is 4.39 Å². The average Bonchev–Trinajstić information content (AvgIpc) is 2.49. The van der Waals surface area contributed by atoms with E-state index in [0.29, 0.717) is 21.7 Å². The minimum atomic E-state index is -0.592. The molecule has 110 valence electrons. The van der Waals surface area contributed by atoms with Crippen LogP contribution >= 0.6 is 15.9 Å². The van der Waals surface area contributed by atoms with Gasteiger partial charge in [0.05, 0.1) is 19.8 Å². The Hall–Kier alpha value is -2.08. The topological polar surface area (TPSA) is 47.6 Å². The van der Waals surface area contributed by atoms with E-state index in [-0.39, 0.29) is 5.56 Å². The lowest BCUT2D eigenvalue weighted by atomic mass is 10.2. The molecule has 1 N–H and O–H groups in total. The first kappa shape index (κ1) is 15.3. The first-order chi connectivity index (χ1) is 10.0. The maximum absolute atomic E-state index is 13.7. The largest absolute Gasteiger partial charge is 0.497 e. The van der Waals surface area contributed by atoms with E-state index < -0.39 is 11.7 Å². The molecule has 1 amide bonds. The maximum atomic E-state index is 13.7. The van der Waals surface area contributed by atoms with E-state index in [4.69, 9.17) is 9.47 Å². The summed E-state index contributed by atoms with van der Waals surface area (Å²) in [5, 5.41) is 2.62. The number of hydrogen-bond acceptors (Lipinski definition) is 3. The molecule has 0 spiro atoms. The number of hydrogen-bond donors (Lipinski definition) is 1. The van der Waals surface area contributed by atoms with Crippen molar-refractivity contribution in [2.45, 2.75) is 0 Å². The number of nitrogens with one attached hydrogen (secondary N) is 1. The highest BCUT2D eigenvalue weighted by atomic mass is 79.9. The van der Waals surface area contributed by atoms with Crippen molar-refractivity contribution in [2.24, 2.45) is 0 Å². The number of methoxy groups -OCH3 is 2. The summed E-state index contributed by atoms with van der Waals surface area (Å²) in [5.74, 6) is -0.0894. The molecular formula is C15H13BrFNO3. The van der Waals surface area contributed by atoms with Gasteiger partial charge in [0.15, 0.2) is 0 Å². The minimum absolute atomic E-state index is 0.0499. The second kappa shape index (κ2) is 6.58. The number of carbonyl (C=O) groups is 1. The molecule has 0 fully saturated rings. The van der Waals surface area contributed by atoms with Gasteiger partial charge in [0.1, 0.15) is 17.3 Å². The first-order valence-electron chi connectivity index (χ1n) is 6.03. The van der Waals surface area contributed by atoms with Crippen molar-refractivity contribution in [3.8, 4) is 11.5 Å². The number of benzene rings is 2. The molecule has 0 bridgehead atoms. The van der Waals surface area contributed by atoms with Crippen molar-refractivity contribution in [1.29, 1.82) is 0 Å². The Morgan fingerprint density at radius 2 is 1.71 bits per heavy atom. The lowest BCUT2D eigenvalue weighted by molar-refractivity contribution is 0.102. The van der Waals surface area contributed by atoms with E-state index in [1.807, 2.05) is 0 Å². The van der Waals surface area contributed by atoms with E-state index in [2.05, 4.69) is 21.2 Å². The summed E-state index contributed by atoms with van der Waals surface area (Å²) in [6.45, 7) is 0. The summed E-state index contributed by atoms with van der Waals surface area (Å²) in [6, 6.07) is 9.09. The zero-order valence-electron chi connectivity index (χ0n) is 11.4. The molecule has 2 aromatic carbocycles. The molecule has 0 aliphatic rings. The molecule has 21 heavy (non-hydrogen) atoms. The number of anilines is 1. The summed E-state index contributed by atoms with van der Waals surface area (Å²) in [7, 11) is 3.02. The quantitative estimate of drug-likeness (QED) is 0.907. The van der Waals surface area contributed by atoms with Gasteiger partial charge in [-0.15, -0.1) is 0 Å². The number of amides is 1. The second-order valence-corrected chi connectivity index (χ2v) is 5.10. The van der Waals surface area contributed by atoms with E-state index >= 15 is 0 Å². The summed E-state index contributed by atoms with van der Waals surface area (Å²) in [6.07, 6.45) is 0. The molecular weight excluding hydrogens is 341 g/mol. The van der Waals surface area contributed by atoms with Crippen LogP contribution < -0.4 is 14.8 Å². The van der Waals surface area contributed by atoms with E-state index in [9.17, 15) is 9.18 Å². The van der Waals surface area contributed by atoms with Gasteiger partial charge in [-0.1, -0.05) is 15.9 Å². The molecule has 0 atom stereocenters. The van der Waals surface area contributed by atoms with Gasteiger partial charge in [0.2, 0.25) is 0 Å². The monoisotopic (exact) mass is 353 g/mol. The highest BCUT2D eigenvalue weighted by Crippen LogP contribution is 2.26. The molecule has 0 radical (unpaired) electrons. The predicted octanol–water partition coefficient (Wildman–Crippen LogP) is 3.86. The smallest absolute Gasteiger partial charge is 0.258 e. The minimum Gasteiger partial charge on any atom is -0.497 e. The summed E-state index contributed by atoms with van der Waals surface area (Å²) in [4.78, 5) is 12.1. The third-order valence-corrected chi connectivity index (χ3v) is 3.28. The molecule has 0 unspecified atom stereocenters. The molecule has 4 nitrogen and oxygen atoms in total. The number of halogens is 2. The molecule has 2 aromatic rings. The van der Waals surface area contributed by atoms with Crippen molar-refractivity contribution >= 4 is 27.5 Å². The summed E-state index contributed by atoms with van der Waals surface area (Å²) >= 11 is 3.21. The second-order valence-electron chi connectivity index (χ2n) is 4.18. The maximum Gasteiger partial charge on any atom is 0.258 e. The Morgan fingerprint density at radius 3 is 2.29 bits per heavy atom. The van der Waals surface area contributed by atoms with Crippen LogP contribution in [0.1, 0.15) is 10.4 Å². The zero-order valence-corrected chi connectivity index (χ0v) is 13.0. The number of rotatable bonds is 4. The highest BCUT2D eigenvalue weighted by molar-refractivity contribution is 9.10. The Kier molecular flexibility index (Phi) is 4.80. The van der Waals surface area contributed by atoms with Crippen molar-refractivity contribution in [1.82, 2.24) is 0 Å². The molecule has 0 saturated carbocycles. The molecule has 0 aromatic heterocycles. The lowest BCUT2D eigenvalue weighted by Gasteiger charge is -2.10. The highest BCUT2D eigenvalue weighted by Gasteiger charge is 2.13. The van der Waals surface area contributed by atoms with Crippen LogP contribution in [0.3, 0.4) is 0 Å². The molecule has 0 heterocycles. The van der Waals surface area contributed by atoms with Gasteiger partial charge in [0.25, 0.3) is 5.91 Å². The van der Waals surface area contributed by atoms with Crippen LogP contribution in [0, 0.1) is 5.82 Å². The van der Waals surface area contributed by atoms with Gasteiger partial charge in [0, 0.05) is 28.4 Å². The van der Waals surface area contributed by atoms with Crippen LogP contribution in [0.2, 0.25) is 0 Å². The van der Waals surface area contributed by atoms with Gasteiger partial charge in [-0.05, 0) is 18.2 Å². The Balaban J connectivity index is 2.28. The third-order valence-electron chi connectivity index (χ3n) is 2.78. The average molecular weight is 354 g/mol. The molecule has 0 aliphatic carbocycles. The Morgan fingerprint density at radius 1 is 1.10 bits per heavy atom. The lowest BCUT2D eigenvalue weighted by Crippen LogP contribution is -2.14. The molecule has 2 rings (SSSR count). The summed E-state index contributed by atoms with van der Waals surface area (Å²) in [5.41, 5.74) is 0.404. The van der Waals surface area contributed by atoms with Crippen molar-refractivity contribution in [3.05, 3.63) is 52.3 Å². The zero-order chi connectivity index (χ0) is 15.4. The van der Waals surface area contributed by atoms with Crippen LogP contribution in [0.4, 0.5) is 10.1 Å². The molecule has 6 heteroatoms. The van der Waals surface area contributed by atoms with E-state index in [1.165, 1.54) is 32.4 Å². The normalized spacial score (nSPS) is 10.1. The van der Waals surface area contributed by atoms with E-state index in [1.54, 1.807) is 18.2 Å². The number of ether oxygens (including phenoxy) is 2. The predicted molar refractivity (Wildman–Crippen MR) is 81.6 cm³/mol. The molecule has 0 saturated heterocycles. The molecule has 0 aliphatic heterocycles. The Bertz CT molecular complexity index is 654. The fourth-order valence-electron chi connectivity index (χ4n) is 1.75. The standard InChI is InChI=1S/C15H13BrFNO3/c1-20-11-6-10(7-12(8-11)21-2)18-15(19)13-5-9(16)3-4-14(13)17/h3-8H,1-2H3,(H,18,19). The van der Waals surface area contributed by atoms with Crippen LogP contribution in [-0.2, 0) is 0 Å². The van der Waals surface area contributed by atoms with Crippen LogP contribution in [0.25, 0.3) is 0 Å². The van der Waals surface area contributed by atoms with Gasteiger partial charge in [-0.3, -0.25) is 4.79 Å². The van der Waals surface area contributed by atoms with Gasteiger partial charge >= 0.3 is 0 Å². The summed E-state index contributed by atoms with van der Waals surface area (Å²) < 4.78 is 24.5. The van der Waals surface area contributed by atoms with Crippen LogP contribution in [0.15, 0.2) is 40.9 Å². The van der Waals surface area contributed by atoms with Crippen molar-refractivity contribution < 1.29 is 18.7 Å². The first-order valence-corrected chi connectivity index (χ1v) is 6.82. The SMILES string of the molecule is COc1cc(NC(=O)c2cc(Br)ccc2F)cc(OC)c1. The van der Waals surface area contributed by atoms with E-state index in [0.717, 1.165) is 0 Å². The van der Waals surface area contributed by atoms with Crippen molar-refractivity contribution in [2.75, 3.05) is 19.5 Å². The Labute approximate surface area is 130 Å². The van der Waals surface area contributed by atoms with Crippen molar-refractivity contribution in [3.63, 3.8) is 0 Å². The third kappa shape index (κ3) is 3.72.